The van der Waals surface area contributed by atoms with E-state index in [-0.39, 0.29) is 29.8 Å². The monoisotopic (exact) mass is 380 g/mol. The van der Waals surface area contributed by atoms with Gasteiger partial charge in [0.25, 0.3) is 0 Å². The predicted octanol–water partition coefficient (Wildman–Crippen LogP) is 1.85. The van der Waals surface area contributed by atoms with Crippen molar-refractivity contribution in [2.75, 3.05) is 26.7 Å². The molecule has 0 bridgehead atoms. The van der Waals surface area contributed by atoms with Crippen molar-refractivity contribution in [3.8, 4) is 0 Å². The Labute approximate surface area is 155 Å². The zero-order chi connectivity index (χ0) is 19.7. The topological polar surface area (TPSA) is 77.9 Å². The van der Waals surface area contributed by atoms with E-state index in [4.69, 9.17) is 5.11 Å². The van der Waals surface area contributed by atoms with E-state index >= 15 is 0 Å². The van der Waals surface area contributed by atoms with Crippen molar-refractivity contribution in [2.45, 2.75) is 25.2 Å². The molecule has 0 unspecified atom stereocenters. The van der Waals surface area contributed by atoms with Gasteiger partial charge in [0, 0.05) is 26.1 Å². The molecule has 146 valence electrons. The number of nitrogens with zero attached hydrogens (tertiary/aromatic N) is 2. The van der Waals surface area contributed by atoms with Crippen molar-refractivity contribution in [1.82, 2.24) is 9.80 Å². The second kappa shape index (κ2) is 7.62. The Morgan fingerprint density at radius 3 is 2.52 bits per heavy atom. The first-order valence-electron chi connectivity index (χ1n) is 8.99. The quantitative estimate of drug-likeness (QED) is 0.846. The minimum Gasteiger partial charge on any atom is -0.481 e. The standard InChI is InChI=1S/C19H22F2N2O4/c1-22(10-16(24)23-7-5-11(6-8-23)19(26)27)18(25)14-9-13(14)12-3-2-4-15(20)17(12)21/h2-4,11,13-14H,5-10H2,1H3,(H,26,27)/t13-,14+/m0/s1. The summed E-state index contributed by atoms with van der Waals surface area (Å²) in [7, 11) is 1.52. The molecule has 2 aliphatic rings. The third-order valence-electron chi connectivity index (χ3n) is 5.43. The summed E-state index contributed by atoms with van der Waals surface area (Å²) < 4.78 is 27.2. The summed E-state index contributed by atoms with van der Waals surface area (Å²) in [6, 6.07) is 3.94. The van der Waals surface area contributed by atoms with Gasteiger partial charge < -0.3 is 14.9 Å². The second-order valence-electron chi connectivity index (χ2n) is 7.28. The molecule has 1 aromatic carbocycles. The lowest BCUT2D eigenvalue weighted by Gasteiger charge is -2.31. The number of aliphatic carboxylic acids is 1. The van der Waals surface area contributed by atoms with Crippen LogP contribution < -0.4 is 0 Å². The van der Waals surface area contributed by atoms with Gasteiger partial charge in [-0.15, -0.1) is 0 Å². The Balaban J connectivity index is 1.52. The summed E-state index contributed by atoms with van der Waals surface area (Å²) >= 11 is 0. The van der Waals surface area contributed by atoms with E-state index in [1.54, 1.807) is 4.90 Å². The maximum atomic E-state index is 13.9. The molecule has 1 heterocycles. The van der Waals surface area contributed by atoms with Crippen molar-refractivity contribution in [3.63, 3.8) is 0 Å². The molecule has 0 aromatic heterocycles. The molecule has 1 saturated carbocycles. The molecular weight excluding hydrogens is 358 g/mol. The van der Waals surface area contributed by atoms with E-state index < -0.39 is 29.4 Å². The molecule has 1 N–H and O–H groups in total. The number of halogens is 2. The largest absolute Gasteiger partial charge is 0.481 e. The molecule has 6 nitrogen and oxygen atoms in total. The van der Waals surface area contributed by atoms with Crippen LogP contribution in [0.15, 0.2) is 18.2 Å². The minimum absolute atomic E-state index is 0.106. The smallest absolute Gasteiger partial charge is 0.306 e. The summed E-state index contributed by atoms with van der Waals surface area (Å²) in [5.74, 6) is -4.44. The molecule has 2 amide bonds. The molecule has 1 saturated heterocycles. The Kier molecular flexibility index (Phi) is 5.43. The summed E-state index contributed by atoms with van der Waals surface area (Å²) in [5.41, 5.74) is 0.198. The number of carboxylic acid groups (broad SMARTS) is 1. The highest BCUT2D eigenvalue weighted by Crippen LogP contribution is 2.49. The highest BCUT2D eigenvalue weighted by Gasteiger charge is 2.47. The lowest BCUT2D eigenvalue weighted by Crippen LogP contribution is -2.45. The molecule has 1 aromatic rings. The Morgan fingerprint density at radius 2 is 1.89 bits per heavy atom. The van der Waals surface area contributed by atoms with E-state index in [0.29, 0.717) is 32.4 Å². The van der Waals surface area contributed by atoms with E-state index in [1.807, 2.05) is 0 Å². The van der Waals surface area contributed by atoms with Crippen LogP contribution in [0.1, 0.15) is 30.7 Å². The summed E-state index contributed by atoms with van der Waals surface area (Å²) in [6.45, 7) is 0.613. The van der Waals surface area contributed by atoms with Gasteiger partial charge in [0.05, 0.1) is 12.5 Å². The van der Waals surface area contributed by atoms with Crippen molar-refractivity contribution in [3.05, 3.63) is 35.4 Å². The van der Waals surface area contributed by atoms with Crippen LogP contribution in [0.4, 0.5) is 8.78 Å². The molecular formula is C19H22F2N2O4. The maximum absolute atomic E-state index is 13.9. The second-order valence-corrected chi connectivity index (χ2v) is 7.28. The van der Waals surface area contributed by atoms with Crippen LogP contribution in [-0.4, -0.2) is 59.4 Å². The van der Waals surface area contributed by atoms with Crippen molar-refractivity contribution >= 4 is 17.8 Å². The van der Waals surface area contributed by atoms with Crippen LogP contribution >= 0.6 is 0 Å². The van der Waals surface area contributed by atoms with Gasteiger partial charge in [-0.25, -0.2) is 8.78 Å². The van der Waals surface area contributed by atoms with Crippen molar-refractivity contribution < 1.29 is 28.3 Å². The van der Waals surface area contributed by atoms with Crippen LogP contribution in [0.25, 0.3) is 0 Å². The third-order valence-corrected chi connectivity index (χ3v) is 5.43. The average molecular weight is 380 g/mol. The number of benzene rings is 1. The maximum Gasteiger partial charge on any atom is 0.306 e. The van der Waals surface area contributed by atoms with Gasteiger partial charge in [-0.1, -0.05) is 12.1 Å². The van der Waals surface area contributed by atoms with Crippen LogP contribution in [-0.2, 0) is 14.4 Å². The van der Waals surface area contributed by atoms with Gasteiger partial charge in [-0.2, -0.15) is 0 Å². The number of carbonyl (C=O) groups is 3. The zero-order valence-electron chi connectivity index (χ0n) is 15.0. The van der Waals surface area contributed by atoms with Crippen LogP contribution in [0.3, 0.4) is 0 Å². The number of likely N-dealkylation sites (tertiary alicyclic amines) is 1. The van der Waals surface area contributed by atoms with E-state index in [1.165, 1.54) is 24.1 Å². The summed E-state index contributed by atoms with van der Waals surface area (Å²) in [6.07, 6.45) is 1.24. The predicted molar refractivity (Wildman–Crippen MR) is 91.8 cm³/mol. The molecule has 0 radical (unpaired) electrons. The van der Waals surface area contributed by atoms with Crippen LogP contribution in [0.2, 0.25) is 0 Å². The number of carbonyl (C=O) groups excluding carboxylic acids is 2. The van der Waals surface area contributed by atoms with E-state index in [9.17, 15) is 23.2 Å². The number of piperidine rings is 1. The fraction of sp³-hybridized carbons (Fsp3) is 0.526. The highest BCUT2D eigenvalue weighted by molar-refractivity contribution is 5.88. The Hall–Kier alpha value is -2.51. The SMILES string of the molecule is CN(CC(=O)N1CCC(C(=O)O)CC1)C(=O)[C@@H]1C[C@H]1c1cccc(F)c1F. The van der Waals surface area contributed by atoms with Gasteiger partial charge in [0.15, 0.2) is 11.6 Å². The van der Waals surface area contributed by atoms with Gasteiger partial charge in [0.1, 0.15) is 0 Å². The number of amides is 2. The summed E-state index contributed by atoms with van der Waals surface area (Å²) in [5, 5.41) is 9.00. The average Bonchev–Trinajstić information content (AvgIpc) is 3.43. The number of likely N-dealkylation sites (N-methyl/N-ethyl adjacent to an activating group) is 1. The minimum atomic E-state index is -0.932. The molecule has 2 fully saturated rings. The zero-order valence-corrected chi connectivity index (χ0v) is 15.0. The fourth-order valence-electron chi connectivity index (χ4n) is 3.66. The van der Waals surface area contributed by atoms with Gasteiger partial charge in [-0.3, -0.25) is 14.4 Å². The summed E-state index contributed by atoms with van der Waals surface area (Å²) in [4.78, 5) is 38.7. The van der Waals surface area contributed by atoms with Gasteiger partial charge in [0.2, 0.25) is 11.8 Å². The number of hydrogen-bond acceptors (Lipinski definition) is 3. The van der Waals surface area contributed by atoms with Crippen LogP contribution in [0.5, 0.6) is 0 Å². The van der Waals surface area contributed by atoms with E-state index in [2.05, 4.69) is 0 Å². The molecule has 27 heavy (non-hydrogen) atoms. The van der Waals surface area contributed by atoms with Gasteiger partial charge in [-0.05, 0) is 36.8 Å². The van der Waals surface area contributed by atoms with Gasteiger partial charge >= 0.3 is 5.97 Å². The molecule has 2 atom stereocenters. The lowest BCUT2D eigenvalue weighted by atomic mass is 9.97. The number of rotatable bonds is 5. The molecule has 1 aliphatic carbocycles. The molecule has 8 heteroatoms. The Bertz CT molecular complexity index is 762. The third kappa shape index (κ3) is 4.09. The first-order valence-corrected chi connectivity index (χ1v) is 8.99. The lowest BCUT2D eigenvalue weighted by molar-refractivity contribution is -0.146. The first-order chi connectivity index (χ1) is 12.8. The number of hydrogen-bond donors (Lipinski definition) is 1. The molecule has 1 aliphatic heterocycles. The first kappa shape index (κ1) is 19.3. The Morgan fingerprint density at radius 1 is 1.22 bits per heavy atom. The normalized spacial score (nSPS) is 22.4. The highest BCUT2D eigenvalue weighted by atomic mass is 19.2. The molecule has 0 spiro atoms. The van der Waals surface area contributed by atoms with Crippen molar-refractivity contribution in [1.29, 1.82) is 0 Å². The molecule has 3 rings (SSSR count). The number of carboxylic acids is 1. The van der Waals surface area contributed by atoms with E-state index in [0.717, 1.165) is 6.07 Å². The fourth-order valence-corrected chi connectivity index (χ4v) is 3.66. The van der Waals surface area contributed by atoms with Crippen LogP contribution in [0, 0.1) is 23.5 Å². The van der Waals surface area contributed by atoms with Crippen molar-refractivity contribution in [2.24, 2.45) is 11.8 Å².